The molecule has 0 aliphatic rings. The van der Waals surface area contributed by atoms with E-state index in [-0.39, 0.29) is 23.8 Å². The van der Waals surface area contributed by atoms with Gasteiger partial charge < -0.3 is 4.90 Å². The molecule has 140 valence electrons. The highest BCUT2D eigenvalue weighted by atomic mass is 19.4. The summed E-state index contributed by atoms with van der Waals surface area (Å²) < 4.78 is 37.9. The van der Waals surface area contributed by atoms with Crippen LogP contribution in [0.5, 0.6) is 0 Å². The van der Waals surface area contributed by atoms with Crippen LogP contribution in [0.1, 0.15) is 47.8 Å². The smallest absolute Gasteiger partial charge is 0.346 e. The van der Waals surface area contributed by atoms with Crippen molar-refractivity contribution in [3.8, 4) is 0 Å². The molecule has 8 heteroatoms. The molecule has 0 amide bonds. The van der Waals surface area contributed by atoms with E-state index >= 15 is 0 Å². The number of hydrogen-bond acceptors (Lipinski definition) is 4. The van der Waals surface area contributed by atoms with Gasteiger partial charge in [-0.2, -0.15) is 13.2 Å². The number of ketones is 1. The van der Waals surface area contributed by atoms with E-state index in [1.54, 1.807) is 18.9 Å². The molecule has 2 rings (SSSR count). The van der Waals surface area contributed by atoms with Crippen molar-refractivity contribution in [1.29, 1.82) is 0 Å². The van der Waals surface area contributed by atoms with Gasteiger partial charge in [0.15, 0.2) is 5.78 Å². The van der Waals surface area contributed by atoms with E-state index in [4.69, 9.17) is 0 Å². The summed E-state index contributed by atoms with van der Waals surface area (Å²) in [4.78, 5) is 32.6. The SMILES string of the molecule is CCN(C)c1nc(C(=O)C[C@H](C)c2ccc(C(F)(F)F)cc2)cc(=O)[nH]1. The van der Waals surface area contributed by atoms with E-state index in [1.807, 2.05) is 6.92 Å². The number of H-pyrrole nitrogens is 1. The van der Waals surface area contributed by atoms with E-state index in [9.17, 15) is 22.8 Å². The van der Waals surface area contributed by atoms with Crippen molar-refractivity contribution in [1.82, 2.24) is 9.97 Å². The number of nitrogens with zero attached hydrogens (tertiary/aromatic N) is 2. The minimum absolute atomic E-state index is 0.0388. The Morgan fingerprint density at radius 2 is 1.88 bits per heavy atom. The predicted octanol–water partition coefficient (Wildman–Crippen LogP) is 3.62. The molecule has 26 heavy (non-hydrogen) atoms. The minimum Gasteiger partial charge on any atom is -0.346 e. The van der Waals surface area contributed by atoms with Crippen LogP contribution in [0, 0.1) is 0 Å². The van der Waals surface area contributed by atoms with Crippen LogP contribution in [0.4, 0.5) is 19.1 Å². The number of Topliss-reactive ketones (excluding diaryl/α,β-unsaturated/α-hetero) is 1. The van der Waals surface area contributed by atoms with E-state index in [0.29, 0.717) is 18.1 Å². The molecule has 0 aliphatic carbocycles. The molecule has 0 spiro atoms. The molecular weight excluding hydrogens is 347 g/mol. The lowest BCUT2D eigenvalue weighted by Crippen LogP contribution is -2.24. The lowest BCUT2D eigenvalue weighted by atomic mass is 9.94. The highest BCUT2D eigenvalue weighted by Gasteiger charge is 2.30. The first-order chi connectivity index (χ1) is 12.1. The monoisotopic (exact) mass is 367 g/mol. The van der Waals surface area contributed by atoms with Crippen molar-refractivity contribution in [2.24, 2.45) is 0 Å². The number of carbonyl (C=O) groups is 1. The number of rotatable bonds is 6. The molecule has 0 aliphatic heterocycles. The Hall–Kier alpha value is -2.64. The number of nitrogens with one attached hydrogen (secondary N) is 1. The second-order valence-corrected chi connectivity index (χ2v) is 6.12. The number of alkyl halides is 3. The number of aromatic nitrogens is 2. The van der Waals surface area contributed by atoms with Gasteiger partial charge in [-0.1, -0.05) is 19.1 Å². The molecule has 1 N–H and O–H groups in total. The van der Waals surface area contributed by atoms with Gasteiger partial charge in [-0.05, 0) is 30.5 Å². The average Bonchev–Trinajstić information content (AvgIpc) is 2.59. The highest BCUT2D eigenvalue weighted by Crippen LogP contribution is 2.30. The van der Waals surface area contributed by atoms with Crippen molar-refractivity contribution in [2.45, 2.75) is 32.4 Å². The molecule has 1 aromatic heterocycles. The van der Waals surface area contributed by atoms with Crippen molar-refractivity contribution >= 4 is 11.7 Å². The quantitative estimate of drug-likeness (QED) is 0.792. The minimum atomic E-state index is -4.39. The molecule has 0 unspecified atom stereocenters. The predicted molar refractivity (Wildman–Crippen MR) is 92.6 cm³/mol. The van der Waals surface area contributed by atoms with Crippen molar-refractivity contribution in [2.75, 3.05) is 18.5 Å². The van der Waals surface area contributed by atoms with Gasteiger partial charge in [0.1, 0.15) is 5.69 Å². The number of aromatic amines is 1. The molecule has 1 heterocycles. The fraction of sp³-hybridized carbons (Fsp3) is 0.389. The third kappa shape index (κ3) is 4.71. The third-order valence-electron chi connectivity index (χ3n) is 4.15. The first-order valence-corrected chi connectivity index (χ1v) is 8.14. The molecule has 1 aromatic carbocycles. The van der Waals surface area contributed by atoms with Crippen LogP contribution in [0.15, 0.2) is 35.1 Å². The molecule has 0 bridgehead atoms. The second-order valence-electron chi connectivity index (χ2n) is 6.12. The van der Waals surface area contributed by atoms with Crippen LogP contribution in [0.3, 0.4) is 0 Å². The summed E-state index contributed by atoms with van der Waals surface area (Å²) in [5.74, 6) is -0.349. The zero-order chi connectivity index (χ0) is 19.5. The summed E-state index contributed by atoms with van der Waals surface area (Å²) in [6.07, 6.45) is -4.36. The molecule has 5 nitrogen and oxygen atoms in total. The Bertz CT molecular complexity index is 829. The van der Waals surface area contributed by atoms with Gasteiger partial charge in [0.05, 0.1) is 5.56 Å². The first kappa shape index (κ1) is 19.7. The van der Waals surface area contributed by atoms with Gasteiger partial charge in [0.25, 0.3) is 5.56 Å². The Kier molecular flexibility index (Phi) is 5.84. The summed E-state index contributed by atoms with van der Waals surface area (Å²) in [5.41, 5.74) is -0.506. The third-order valence-corrected chi connectivity index (χ3v) is 4.15. The first-order valence-electron chi connectivity index (χ1n) is 8.14. The summed E-state index contributed by atoms with van der Waals surface area (Å²) in [7, 11) is 1.73. The summed E-state index contributed by atoms with van der Waals surface area (Å²) in [5, 5.41) is 0. The zero-order valence-electron chi connectivity index (χ0n) is 14.7. The maximum Gasteiger partial charge on any atom is 0.416 e. The van der Waals surface area contributed by atoms with Crippen LogP contribution in [-0.4, -0.2) is 29.3 Å². The number of halogens is 3. The number of anilines is 1. The van der Waals surface area contributed by atoms with Gasteiger partial charge in [-0.25, -0.2) is 4.98 Å². The zero-order valence-corrected chi connectivity index (χ0v) is 14.7. The van der Waals surface area contributed by atoms with E-state index in [1.165, 1.54) is 12.1 Å². The van der Waals surface area contributed by atoms with Crippen LogP contribution in [0.25, 0.3) is 0 Å². The van der Waals surface area contributed by atoms with Crippen LogP contribution < -0.4 is 10.5 Å². The van der Waals surface area contributed by atoms with Crippen LogP contribution >= 0.6 is 0 Å². The topological polar surface area (TPSA) is 66.1 Å². The summed E-state index contributed by atoms with van der Waals surface area (Å²) in [6, 6.07) is 5.85. The fourth-order valence-electron chi connectivity index (χ4n) is 2.42. The standard InChI is InChI=1S/C18H20F3N3O2/c1-4-24(3)17-22-14(10-16(26)23-17)15(25)9-11(2)12-5-7-13(8-6-12)18(19,20)21/h5-8,10-11H,4,9H2,1-3H3,(H,22,23,26)/t11-/m0/s1. The maximum absolute atomic E-state index is 12.6. The fourth-order valence-corrected chi connectivity index (χ4v) is 2.42. The molecule has 0 fully saturated rings. The molecule has 2 aromatic rings. The van der Waals surface area contributed by atoms with E-state index in [0.717, 1.165) is 18.2 Å². The van der Waals surface area contributed by atoms with Gasteiger partial charge in [0, 0.05) is 26.1 Å². The van der Waals surface area contributed by atoms with Gasteiger partial charge in [0.2, 0.25) is 5.95 Å². The van der Waals surface area contributed by atoms with E-state index < -0.39 is 17.3 Å². The van der Waals surface area contributed by atoms with Crippen LogP contribution in [-0.2, 0) is 6.18 Å². The van der Waals surface area contributed by atoms with Crippen LogP contribution in [0.2, 0.25) is 0 Å². The summed E-state index contributed by atoms with van der Waals surface area (Å²) >= 11 is 0. The number of carbonyl (C=O) groups excluding carboxylic acids is 1. The number of hydrogen-bond donors (Lipinski definition) is 1. The molecule has 0 saturated heterocycles. The van der Waals surface area contributed by atoms with Gasteiger partial charge >= 0.3 is 6.18 Å². The van der Waals surface area contributed by atoms with Crippen molar-refractivity contribution in [3.05, 3.63) is 57.5 Å². The lowest BCUT2D eigenvalue weighted by molar-refractivity contribution is -0.137. The Labute approximate surface area is 148 Å². The Balaban J connectivity index is 2.16. The van der Waals surface area contributed by atoms with Crippen molar-refractivity contribution < 1.29 is 18.0 Å². The Morgan fingerprint density at radius 1 is 1.27 bits per heavy atom. The second kappa shape index (κ2) is 7.72. The molecule has 1 atom stereocenters. The van der Waals surface area contributed by atoms with Gasteiger partial charge in [-0.15, -0.1) is 0 Å². The van der Waals surface area contributed by atoms with Gasteiger partial charge in [-0.3, -0.25) is 14.6 Å². The van der Waals surface area contributed by atoms with E-state index in [2.05, 4.69) is 9.97 Å². The summed E-state index contributed by atoms with van der Waals surface area (Å²) in [6.45, 7) is 4.22. The lowest BCUT2D eigenvalue weighted by Gasteiger charge is -2.16. The average molecular weight is 367 g/mol. The Morgan fingerprint density at radius 3 is 2.42 bits per heavy atom. The normalized spacial score (nSPS) is 12.7. The highest BCUT2D eigenvalue weighted by molar-refractivity contribution is 5.94. The molecule has 0 radical (unpaired) electrons. The largest absolute Gasteiger partial charge is 0.416 e. The van der Waals surface area contributed by atoms with Crippen molar-refractivity contribution in [3.63, 3.8) is 0 Å². The molecular formula is C18H20F3N3O2. The number of benzene rings is 1. The maximum atomic E-state index is 12.6. The molecule has 0 saturated carbocycles.